The van der Waals surface area contributed by atoms with Crippen molar-refractivity contribution in [1.82, 2.24) is 9.78 Å². The fourth-order valence-electron chi connectivity index (χ4n) is 1.81. The predicted octanol–water partition coefficient (Wildman–Crippen LogP) is 1.53. The van der Waals surface area contributed by atoms with Crippen molar-refractivity contribution in [2.75, 3.05) is 7.11 Å². The summed E-state index contributed by atoms with van der Waals surface area (Å²) in [6.07, 6.45) is 0. The summed E-state index contributed by atoms with van der Waals surface area (Å²) in [5.41, 5.74) is -0.298. The van der Waals surface area contributed by atoms with E-state index in [-0.39, 0.29) is 18.0 Å². The van der Waals surface area contributed by atoms with Crippen molar-refractivity contribution in [3.8, 4) is 0 Å². The Hall–Kier alpha value is -2.02. The highest BCUT2D eigenvalue weighted by Crippen LogP contribution is 2.19. The van der Waals surface area contributed by atoms with E-state index in [1.54, 1.807) is 18.2 Å². The summed E-state index contributed by atoms with van der Waals surface area (Å²) in [4.78, 5) is 35.2. The maximum absolute atomic E-state index is 12.3. The number of methoxy groups -OCH3 is 1. The van der Waals surface area contributed by atoms with Crippen molar-refractivity contribution in [2.24, 2.45) is 0 Å². The van der Waals surface area contributed by atoms with Crippen LogP contribution in [0.25, 0.3) is 10.8 Å². The highest BCUT2D eigenvalue weighted by atomic mass is 79.9. The van der Waals surface area contributed by atoms with Crippen LogP contribution < -0.4 is 5.56 Å². The van der Waals surface area contributed by atoms with Crippen LogP contribution in [0.1, 0.15) is 17.4 Å². The number of hydrogen-bond acceptors (Lipinski definition) is 5. The summed E-state index contributed by atoms with van der Waals surface area (Å²) in [5, 5.41) is 4.74. The van der Waals surface area contributed by atoms with Crippen LogP contribution in [0.2, 0.25) is 0 Å². The molecule has 2 aromatic rings. The Kier molecular flexibility index (Phi) is 3.99. The topological polar surface area (TPSA) is 78.3 Å². The standard InChI is InChI=1S/C13H11BrN2O4/c1-7(17)12-9-4-3-8(14)5-10(9)13(19)16(15-12)6-11(18)20-2/h3-5H,6H2,1-2H3. The van der Waals surface area contributed by atoms with E-state index in [4.69, 9.17) is 0 Å². The molecule has 2 rings (SSSR count). The summed E-state index contributed by atoms with van der Waals surface area (Å²) in [6.45, 7) is 1.02. The van der Waals surface area contributed by atoms with Gasteiger partial charge in [-0.2, -0.15) is 5.10 Å². The molecule has 0 bridgehead atoms. The zero-order chi connectivity index (χ0) is 14.9. The number of hydrogen-bond donors (Lipinski definition) is 0. The van der Waals surface area contributed by atoms with Crippen molar-refractivity contribution in [2.45, 2.75) is 13.5 Å². The van der Waals surface area contributed by atoms with Gasteiger partial charge in [-0.05, 0) is 12.1 Å². The molecular formula is C13H11BrN2O4. The van der Waals surface area contributed by atoms with Gasteiger partial charge in [0, 0.05) is 16.8 Å². The van der Waals surface area contributed by atoms with Gasteiger partial charge in [-0.1, -0.05) is 22.0 Å². The van der Waals surface area contributed by atoms with Crippen LogP contribution in [0.5, 0.6) is 0 Å². The minimum atomic E-state index is -0.608. The Bertz CT molecular complexity index is 767. The number of aromatic nitrogens is 2. The molecule has 7 heteroatoms. The van der Waals surface area contributed by atoms with Crippen molar-refractivity contribution >= 4 is 38.5 Å². The minimum absolute atomic E-state index is 0.149. The van der Waals surface area contributed by atoms with Gasteiger partial charge in [0.1, 0.15) is 12.2 Å². The van der Waals surface area contributed by atoms with Gasteiger partial charge in [0.15, 0.2) is 5.78 Å². The highest BCUT2D eigenvalue weighted by Gasteiger charge is 2.15. The molecule has 0 spiro atoms. The number of halogens is 1. The maximum Gasteiger partial charge on any atom is 0.327 e. The molecule has 1 aromatic carbocycles. The van der Waals surface area contributed by atoms with Gasteiger partial charge in [-0.25, -0.2) is 4.68 Å². The summed E-state index contributed by atoms with van der Waals surface area (Å²) in [7, 11) is 1.22. The summed E-state index contributed by atoms with van der Waals surface area (Å²) >= 11 is 3.27. The molecule has 1 heterocycles. The molecule has 104 valence electrons. The van der Waals surface area contributed by atoms with Crippen LogP contribution in [0, 0.1) is 0 Å². The second-order valence-electron chi connectivity index (χ2n) is 4.13. The van der Waals surface area contributed by atoms with Gasteiger partial charge in [-0.3, -0.25) is 14.4 Å². The molecule has 1 aromatic heterocycles. The minimum Gasteiger partial charge on any atom is -0.468 e. The molecule has 0 saturated heterocycles. The second kappa shape index (κ2) is 5.54. The molecule has 0 amide bonds. The van der Waals surface area contributed by atoms with E-state index in [0.717, 1.165) is 4.68 Å². The molecule has 0 aliphatic heterocycles. The lowest BCUT2D eigenvalue weighted by Crippen LogP contribution is -2.29. The first kappa shape index (κ1) is 14.4. The maximum atomic E-state index is 12.3. The van der Waals surface area contributed by atoms with Crippen LogP contribution in [-0.2, 0) is 16.1 Å². The number of carbonyl (C=O) groups excluding carboxylic acids is 2. The molecule has 0 fully saturated rings. The fourth-order valence-corrected chi connectivity index (χ4v) is 2.17. The van der Waals surface area contributed by atoms with Crippen molar-refractivity contribution in [3.63, 3.8) is 0 Å². The molecule has 20 heavy (non-hydrogen) atoms. The quantitative estimate of drug-likeness (QED) is 0.626. The average molecular weight is 339 g/mol. The smallest absolute Gasteiger partial charge is 0.327 e. The SMILES string of the molecule is COC(=O)Cn1nc(C(C)=O)c2ccc(Br)cc2c1=O. The van der Waals surface area contributed by atoms with Crippen LogP contribution in [0.15, 0.2) is 27.5 Å². The number of ketones is 1. The zero-order valence-corrected chi connectivity index (χ0v) is 12.4. The van der Waals surface area contributed by atoms with Crippen LogP contribution >= 0.6 is 15.9 Å². The fraction of sp³-hybridized carbons (Fsp3) is 0.231. The van der Waals surface area contributed by atoms with E-state index < -0.39 is 11.5 Å². The predicted molar refractivity (Wildman–Crippen MR) is 75.7 cm³/mol. The van der Waals surface area contributed by atoms with E-state index >= 15 is 0 Å². The van der Waals surface area contributed by atoms with E-state index in [1.807, 2.05) is 0 Å². The summed E-state index contributed by atoms with van der Waals surface area (Å²) < 4.78 is 6.16. The van der Waals surface area contributed by atoms with E-state index in [9.17, 15) is 14.4 Å². The molecule has 0 atom stereocenters. The molecule has 0 unspecified atom stereocenters. The number of Topliss-reactive ketones (excluding diaryl/α,β-unsaturated/α-hetero) is 1. The van der Waals surface area contributed by atoms with Gasteiger partial charge in [-0.15, -0.1) is 0 Å². The Morgan fingerprint density at radius 1 is 1.35 bits per heavy atom. The lowest BCUT2D eigenvalue weighted by molar-refractivity contribution is -0.141. The molecule has 0 aliphatic carbocycles. The third-order valence-corrected chi connectivity index (χ3v) is 3.26. The van der Waals surface area contributed by atoms with Crippen LogP contribution in [0.3, 0.4) is 0 Å². The lowest BCUT2D eigenvalue weighted by atomic mass is 10.1. The largest absolute Gasteiger partial charge is 0.468 e. The summed E-state index contributed by atoms with van der Waals surface area (Å²) in [5.74, 6) is -0.889. The van der Waals surface area contributed by atoms with Gasteiger partial charge < -0.3 is 4.74 Å². The zero-order valence-electron chi connectivity index (χ0n) is 10.8. The molecule has 0 N–H and O–H groups in total. The first-order chi connectivity index (χ1) is 9.43. The Balaban J connectivity index is 2.77. The number of nitrogens with zero attached hydrogens (tertiary/aromatic N) is 2. The van der Waals surface area contributed by atoms with E-state index in [2.05, 4.69) is 25.8 Å². The number of rotatable bonds is 3. The molecule has 0 saturated carbocycles. The second-order valence-corrected chi connectivity index (χ2v) is 5.05. The average Bonchev–Trinajstić information content (AvgIpc) is 2.41. The van der Waals surface area contributed by atoms with Gasteiger partial charge >= 0.3 is 5.97 Å². The molecule has 0 aliphatic rings. The normalized spacial score (nSPS) is 10.6. The Morgan fingerprint density at radius 2 is 2.05 bits per heavy atom. The van der Waals surface area contributed by atoms with Crippen molar-refractivity contribution in [3.05, 3.63) is 38.7 Å². The first-order valence-electron chi connectivity index (χ1n) is 5.72. The number of carbonyl (C=O) groups is 2. The van der Waals surface area contributed by atoms with Gasteiger partial charge in [0.25, 0.3) is 5.56 Å². The molecule has 0 radical (unpaired) electrons. The summed E-state index contributed by atoms with van der Waals surface area (Å²) in [6, 6.07) is 4.97. The third-order valence-electron chi connectivity index (χ3n) is 2.76. The van der Waals surface area contributed by atoms with Crippen LogP contribution in [-0.4, -0.2) is 28.6 Å². The van der Waals surface area contributed by atoms with Crippen molar-refractivity contribution in [1.29, 1.82) is 0 Å². The number of fused-ring (bicyclic) bond motifs is 1. The Labute approximate surface area is 122 Å². The lowest BCUT2D eigenvalue weighted by Gasteiger charge is -2.08. The number of ether oxygens (including phenoxy) is 1. The van der Waals surface area contributed by atoms with Crippen LogP contribution in [0.4, 0.5) is 0 Å². The third kappa shape index (κ3) is 2.62. The Morgan fingerprint density at radius 3 is 2.65 bits per heavy atom. The highest BCUT2D eigenvalue weighted by molar-refractivity contribution is 9.10. The van der Waals surface area contributed by atoms with Gasteiger partial charge in [0.2, 0.25) is 0 Å². The van der Waals surface area contributed by atoms with E-state index in [1.165, 1.54) is 14.0 Å². The number of benzene rings is 1. The van der Waals surface area contributed by atoms with Gasteiger partial charge in [0.05, 0.1) is 12.5 Å². The molecule has 6 nitrogen and oxygen atoms in total. The van der Waals surface area contributed by atoms with E-state index in [0.29, 0.717) is 15.2 Å². The first-order valence-corrected chi connectivity index (χ1v) is 6.51. The number of esters is 1. The van der Waals surface area contributed by atoms with Crippen molar-refractivity contribution < 1.29 is 14.3 Å². The molecular weight excluding hydrogens is 328 g/mol. The monoisotopic (exact) mass is 338 g/mol.